The summed E-state index contributed by atoms with van der Waals surface area (Å²) in [7, 11) is 0. The Kier molecular flexibility index (Phi) is 3.91. The van der Waals surface area contributed by atoms with Crippen molar-refractivity contribution in [2.24, 2.45) is 5.73 Å². The maximum atomic E-state index is 11.7. The van der Waals surface area contributed by atoms with Gasteiger partial charge in [-0.1, -0.05) is 30.3 Å². The normalized spacial score (nSPS) is 19.4. The van der Waals surface area contributed by atoms with E-state index in [-0.39, 0.29) is 19.4 Å². The highest BCUT2D eigenvalue weighted by molar-refractivity contribution is 6.11. The van der Waals surface area contributed by atoms with Gasteiger partial charge in [-0.15, -0.1) is 0 Å². The van der Waals surface area contributed by atoms with Crippen molar-refractivity contribution in [1.82, 2.24) is 4.90 Å². The summed E-state index contributed by atoms with van der Waals surface area (Å²) < 4.78 is 4.95. The quantitative estimate of drug-likeness (QED) is 0.796. The Morgan fingerprint density at radius 2 is 2.00 bits per heavy atom. The van der Waals surface area contributed by atoms with Gasteiger partial charge in [0.1, 0.15) is 6.61 Å². The Morgan fingerprint density at radius 3 is 2.68 bits per heavy atom. The summed E-state index contributed by atoms with van der Waals surface area (Å²) in [4.78, 5) is 35.5. The number of carbonyl (C=O) groups excluding carboxylic acids is 3. The van der Waals surface area contributed by atoms with Crippen molar-refractivity contribution >= 4 is 17.9 Å². The van der Waals surface area contributed by atoms with Gasteiger partial charge in [0.15, 0.2) is 0 Å². The fraction of sp³-hybridized carbons (Fsp3) is 0.308. The monoisotopic (exact) mass is 262 g/mol. The van der Waals surface area contributed by atoms with Gasteiger partial charge in [0.05, 0.1) is 6.04 Å². The summed E-state index contributed by atoms with van der Waals surface area (Å²) in [5, 5.41) is 0. The molecule has 100 valence electrons. The molecule has 1 saturated heterocycles. The molecular weight excluding hydrogens is 248 g/mol. The molecule has 1 fully saturated rings. The Balaban J connectivity index is 1.99. The van der Waals surface area contributed by atoms with Crippen molar-refractivity contribution < 1.29 is 19.1 Å². The predicted molar refractivity (Wildman–Crippen MR) is 65.7 cm³/mol. The minimum Gasteiger partial charge on any atom is -0.444 e. The van der Waals surface area contributed by atoms with Crippen molar-refractivity contribution in [3.8, 4) is 0 Å². The summed E-state index contributed by atoms with van der Waals surface area (Å²) in [5.74, 6) is -1.26. The molecule has 1 aliphatic heterocycles. The van der Waals surface area contributed by atoms with Gasteiger partial charge in [0.2, 0.25) is 5.91 Å². The van der Waals surface area contributed by atoms with E-state index in [2.05, 4.69) is 0 Å². The van der Waals surface area contributed by atoms with Crippen molar-refractivity contribution in [3.63, 3.8) is 0 Å². The van der Waals surface area contributed by atoms with Gasteiger partial charge in [-0.2, -0.15) is 4.90 Å². The average Bonchev–Trinajstić information content (AvgIpc) is 2.42. The average molecular weight is 262 g/mol. The zero-order valence-corrected chi connectivity index (χ0v) is 10.2. The zero-order valence-electron chi connectivity index (χ0n) is 10.2. The second-order valence-corrected chi connectivity index (χ2v) is 4.25. The molecule has 0 aromatic heterocycles. The van der Waals surface area contributed by atoms with Crippen LogP contribution in [-0.2, 0) is 20.9 Å². The highest BCUT2D eigenvalue weighted by Crippen LogP contribution is 2.13. The van der Waals surface area contributed by atoms with Crippen LogP contribution in [0.15, 0.2) is 30.3 Å². The first-order valence-electron chi connectivity index (χ1n) is 5.92. The van der Waals surface area contributed by atoms with Crippen LogP contribution >= 0.6 is 0 Å². The lowest BCUT2D eigenvalue weighted by Gasteiger charge is -2.26. The van der Waals surface area contributed by atoms with Crippen molar-refractivity contribution in [1.29, 1.82) is 0 Å². The van der Waals surface area contributed by atoms with Crippen molar-refractivity contribution in [3.05, 3.63) is 35.9 Å². The van der Waals surface area contributed by atoms with E-state index < -0.39 is 23.9 Å². The number of likely N-dealkylation sites (tertiary alicyclic amines) is 1. The molecule has 0 spiro atoms. The fourth-order valence-electron chi connectivity index (χ4n) is 1.78. The van der Waals surface area contributed by atoms with Gasteiger partial charge in [0.25, 0.3) is 5.91 Å². The first kappa shape index (κ1) is 13.2. The van der Waals surface area contributed by atoms with Crippen LogP contribution in [0.1, 0.15) is 18.4 Å². The number of benzene rings is 1. The number of hydrogen-bond donors (Lipinski definition) is 1. The van der Waals surface area contributed by atoms with Crippen LogP contribution in [0.5, 0.6) is 0 Å². The Morgan fingerprint density at radius 1 is 1.32 bits per heavy atom. The Labute approximate surface area is 110 Å². The molecular formula is C13H14N2O4. The maximum Gasteiger partial charge on any atom is 0.423 e. The van der Waals surface area contributed by atoms with Crippen LogP contribution in [0.2, 0.25) is 0 Å². The van der Waals surface area contributed by atoms with E-state index in [9.17, 15) is 14.4 Å². The number of nitrogens with zero attached hydrogens (tertiary/aromatic N) is 1. The molecule has 0 bridgehead atoms. The predicted octanol–water partition coefficient (Wildman–Crippen LogP) is 0.799. The molecule has 1 unspecified atom stereocenters. The number of nitrogens with two attached hydrogens (primary N) is 1. The minimum atomic E-state index is -0.964. The Bertz CT molecular complexity index is 501. The van der Waals surface area contributed by atoms with Gasteiger partial charge in [-0.25, -0.2) is 4.79 Å². The summed E-state index contributed by atoms with van der Waals surface area (Å²) >= 11 is 0. The van der Waals surface area contributed by atoms with Crippen LogP contribution in [0.25, 0.3) is 0 Å². The second-order valence-electron chi connectivity index (χ2n) is 4.25. The molecule has 1 aliphatic rings. The third kappa shape index (κ3) is 2.97. The summed E-state index contributed by atoms with van der Waals surface area (Å²) in [6.45, 7) is 0.00592. The molecule has 2 N–H and O–H groups in total. The second kappa shape index (κ2) is 5.62. The van der Waals surface area contributed by atoms with Crippen molar-refractivity contribution in [2.75, 3.05) is 0 Å². The first-order chi connectivity index (χ1) is 9.09. The number of amides is 3. The number of piperidine rings is 1. The topological polar surface area (TPSA) is 89.7 Å². The molecule has 1 heterocycles. The number of imide groups is 3. The highest BCUT2D eigenvalue weighted by Gasteiger charge is 2.37. The van der Waals surface area contributed by atoms with E-state index in [1.807, 2.05) is 6.07 Å². The van der Waals surface area contributed by atoms with Crippen LogP contribution < -0.4 is 5.73 Å². The van der Waals surface area contributed by atoms with Crippen LogP contribution in [0.3, 0.4) is 0 Å². The summed E-state index contributed by atoms with van der Waals surface area (Å²) in [5.41, 5.74) is 6.30. The molecule has 2 rings (SSSR count). The molecule has 19 heavy (non-hydrogen) atoms. The van der Waals surface area contributed by atoms with E-state index in [0.29, 0.717) is 4.90 Å². The summed E-state index contributed by atoms with van der Waals surface area (Å²) in [6, 6.07) is 8.17. The van der Waals surface area contributed by atoms with Gasteiger partial charge < -0.3 is 10.5 Å². The van der Waals surface area contributed by atoms with E-state index in [4.69, 9.17) is 10.5 Å². The Hall–Kier alpha value is -2.21. The van der Waals surface area contributed by atoms with Crippen LogP contribution in [-0.4, -0.2) is 28.8 Å². The lowest BCUT2D eigenvalue weighted by atomic mass is 10.1. The van der Waals surface area contributed by atoms with E-state index in [1.54, 1.807) is 24.3 Å². The van der Waals surface area contributed by atoms with Gasteiger partial charge in [0, 0.05) is 6.42 Å². The maximum absolute atomic E-state index is 11.7. The van der Waals surface area contributed by atoms with Crippen LogP contribution in [0.4, 0.5) is 4.79 Å². The molecule has 0 aliphatic carbocycles. The van der Waals surface area contributed by atoms with Gasteiger partial charge >= 0.3 is 6.09 Å². The smallest absolute Gasteiger partial charge is 0.423 e. The third-order valence-corrected chi connectivity index (χ3v) is 2.84. The first-order valence-corrected chi connectivity index (χ1v) is 5.92. The van der Waals surface area contributed by atoms with Crippen LogP contribution in [0, 0.1) is 0 Å². The fourth-order valence-corrected chi connectivity index (χ4v) is 1.78. The van der Waals surface area contributed by atoms with E-state index >= 15 is 0 Å². The SMILES string of the molecule is NC1CCC(=O)N(C(=O)OCc2ccccc2)C1=O. The molecule has 1 atom stereocenters. The third-order valence-electron chi connectivity index (χ3n) is 2.84. The van der Waals surface area contributed by atoms with Crippen molar-refractivity contribution in [2.45, 2.75) is 25.5 Å². The molecule has 0 saturated carbocycles. The zero-order chi connectivity index (χ0) is 13.8. The lowest BCUT2D eigenvalue weighted by Crippen LogP contribution is -2.53. The van der Waals surface area contributed by atoms with E-state index in [1.165, 1.54) is 0 Å². The minimum absolute atomic E-state index is 0.00592. The molecule has 1 aromatic rings. The number of rotatable bonds is 2. The number of hydrogen-bond acceptors (Lipinski definition) is 5. The highest BCUT2D eigenvalue weighted by atomic mass is 16.6. The van der Waals surface area contributed by atoms with Gasteiger partial charge in [-0.3, -0.25) is 9.59 Å². The number of carbonyl (C=O) groups is 3. The molecule has 0 radical (unpaired) electrons. The summed E-state index contributed by atoms with van der Waals surface area (Å²) in [6.07, 6.45) is -0.623. The molecule has 1 aromatic carbocycles. The largest absolute Gasteiger partial charge is 0.444 e. The lowest BCUT2D eigenvalue weighted by molar-refractivity contribution is -0.146. The van der Waals surface area contributed by atoms with E-state index in [0.717, 1.165) is 5.56 Å². The molecule has 3 amide bonds. The molecule has 6 nitrogen and oxygen atoms in total. The standard InChI is InChI=1S/C13H14N2O4/c14-10-6-7-11(16)15(12(10)17)13(18)19-8-9-4-2-1-3-5-9/h1-5,10H,6-8,14H2. The van der Waals surface area contributed by atoms with Gasteiger partial charge in [-0.05, 0) is 12.0 Å². The number of ether oxygens (including phenoxy) is 1. The molecule has 6 heteroatoms.